The van der Waals surface area contributed by atoms with Gasteiger partial charge in [0.15, 0.2) is 5.65 Å². The van der Waals surface area contributed by atoms with Gasteiger partial charge in [-0.2, -0.15) is 5.10 Å². The van der Waals surface area contributed by atoms with E-state index in [-0.39, 0.29) is 23.6 Å². The summed E-state index contributed by atoms with van der Waals surface area (Å²) in [5.41, 5.74) is 1.26. The van der Waals surface area contributed by atoms with Crippen LogP contribution in [0.15, 0.2) is 64.7 Å². The Labute approximate surface area is 175 Å². The Morgan fingerprint density at radius 2 is 1.93 bits per heavy atom. The number of rotatable bonds is 6. The average Bonchev–Trinajstić information content (AvgIpc) is 3.16. The maximum Gasteiger partial charge on any atom is 0.264 e. The summed E-state index contributed by atoms with van der Waals surface area (Å²) in [6, 6.07) is 9.98. The lowest BCUT2D eigenvalue weighted by Gasteiger charge is -2.08. The molecule has 0 aliphatic rings. The fourth-order valence-electron chi connectivity index (χ4n) is 2.99. The first-order valence-electron chi connectivity index (χ1n) is 9.13. The normalized spacial score (nSPS) is 11.0. The van der Waals surface area contributed by atoms with Crippen LogP contribution in [0.2, 0.25) is 5.02 Å². The highest BCUT2D eigenvalue weighted by molar-refractivity contribution is 6.30. The molecule has 0 saturated heterocycles. The standard InChI is InChI=1S/C20H17ClN6O3/c21-15-4-1-13(2-5-15)11-26-12-24-18-16(20(26)30)10-25-27(18)8-7-22-19(29)14-3-6-17(28)23-9-14/h1-6,9-10,12H,7-8,11H2,(H,22,29)(H,23,28). The van der Waals surface area contributed by atoms with Crippen LogP contribution < -0.4 is 16.4 Å². The van der Waals surface area contributed by atoms with E-state index < -0.39 is 0 Å². The summed E-state index contributed by atoms with van der Waals surface area (Å²) in [5, 5.41) is 8.00. The predicted octanol–water partition coefficient (Wildman–Crippen LogP) is 1.41. The van der Waals surface area contributed by atoms with Crippen LogP contribution in [0.5, 0.6) is 0 Å². The first-order valence-corrected chi connectivity index (χ1v) is 9.51. The lowest BCUT2D eigenvalue weighted by atomic mass is 10.2. The third kappa shape index (κ3) is 4.15. The second-order valence-electron chi connectivity index (χ2n) is 6.61. The van der Waals surface area contributed by atoms with Crippen LogP contribution >= 0.6 is 11.6 Å². The number of hydrogen-bond acceptors (Lipinski definition) is 5. The highest BCUT2D eigenvalue weighted by Gasteiger charge is 2.11. The number of nitrogens with one attached hydrogen (secondary N) is 2. The van der Waals surface area contributed by atoms with E-state index >= 15 is 0 Å². The number of nitrogens with zero attached hydrogens (tertiary/aromatic N) is 4. The number of hydrogen-bond donors (Lipinski definition) is 2. The van der Waals surface area contributed by atoms with Crippen molar-refractivity contribution in [2.75, 3.05) is 6.54 Å². The molecule has 0 bridgehead atoms. The first kappa shape index (κ1) is 19.6. The minimum Gasteiger partial charge on any atom is -0.350 e. The Balaban J connectivity index is 1.45. The van der Waals surface area contributed by atoms with Gasteiger partial charge >= 0.3 is 0 Å². The van der Waals surface area contributed by atoms with Gasteiger partial charge in [-0.25, -0.2) is 9.67 Å². The summed E-state index contributed by atoms with van der Waals surface area (Å²) < 4.78 is 3.08. The molecule has 9 nitrogen and oxygen atoms in total. The highest BCUT2D eigenvalue weighted by atomic mass is 35.5. The summed E-state index contributed by atoms with van der Waals surface area (Å²) >= 11 is 5.90. The van der Waals surface area contributed by atoms with Gasteiger partial charge in [-0.05, 0) is 23.8 Å². The molecule has 3 heterocycles. The smallest absolute Gasteiger partial charge is 0.264 e. The zero-order chi connectivity index (χ0) is 21.1. The predicted molar refractivity (Wildman–Crippen MR) is 112 cm³/mol. The molecule has 0 radical (unpaired) electrons. The molecule has 10 heteroatoms. The maximum atomic E-state index is 12.8. The molecular weight excluding hydrogens is 408 g/mol. The van der Waals surface area contributed by atoms with Gasteiger partial charge in [0.2, 0.25) is 5.56 Å². The molecule has 4 rings (SSSR count). The van der Waals surface area contributed by atoms with Gasteiger partial charge in [-0.3, -0.25) is 19.0 Å². The Hall–Kier alpha value is -3.72. The van der Waals surface area contributed by atoms with Crippen LogP contribution in [-0.4, -0.2) is 36.8 Å². The van der Waals surface area contributed by atoms with Crippen LogP contribution in [0.4, 0.5) is 0 Å². The van der Waals surface area contributed by atoms with E-state index in [1.54, 1.807) is 16.8 Å². The molecule has 2 N–H and O–H groups in total. The molecule has 0 unspecified atom stereocenters. The summed E-state index contributed by atoms with van der Waals surface area (Å²) in [6.07, 6.45) is 4.31. The molecule has 1 aromatic carbocycles. The van der Waals surface area contributed by atoms with Crippen LogP contribution in [0.3, 0.4) is 0 Å². The third-order valence-corrected chi connectivity index (χ3v) is 4.80. The number of carbonyl (C=O) groups is 1. The van der Waals surface area contributed by atoms with E-state index in [0.29, 0.717) is 34.7 Å². The number of pyridine rings is 1. The van der Waals surface area contributed by atoms with E-state index in [2.05, 4.69) is 20.4 Å². The van der Waals surface area contributed by atoms with Crippen LogP contribution in [0.1, 0.15) is 15.9 Å². The molecule has 0 atom stereocenters. The fourth-order valence-corrected chi connectivity index (χ4v) is 3.12. The van der Waals surface area contributed by atoms with Gasteiger partial charge in [-0.15, -0.1) is 0 Å². The molecule has 4 aromatic rings. The van der Waals surface area contributed by atoms with Crippen molar-refractivity contribution >= 4 is 28.5 Å². The van der Waals surface area contributed by atoms with E-state index in [0.717, 1.165) is 5.56 Å². The van der Waals surface area contributed by atoms with Crippen molar-refractivity contribution in [3.63, 3.8) is 0 Å². The number of aromatic nitrogens is 5. The first-order chi connectivity index (χ1) is 14.5. The molecule has 0 fully saturated rings. The minimum atomic E-state index is -0.319. The van der Waals surface area contributed by atoms with Gasteiger partial charge in [-0.1, -0.05) is 23.7 Å². The minimum absolute atomic E-state index is 0.196. The van der Waals surface area contributed by atoms with Gasteiger partial charge in [0.05, 0.1) is 24.8 Å². The van der Waals surface area contributed by atoms with Crippen molar-refractivity contribution in [3.05, 3.63) is 92.0 Å². The van der Waals surface area contributed by atoms with Crippen molar-refractivity contribution in [2.45, 2.75) is 13.1 Å². The largest absolute Gasteiger partial charge is 0.350 e. The Bertz CT molecular complexity index is 1300. The fraction of sp³-hybridized carbons (Fsp3) is 0.150. The number of aromatic amines is 1. The topological polar surface area (TPSA) is 115 Å². The van der Waals surface area contributed by atoms with Gasteiger partial charge in [0.1, 0.15) is 11.7 Å². The second kappa shape index (κ2) is 8.34. The molecule has 152 valence electrons. The molecule has 1 amide bonds. The quantitative estimate of drug-likeness (QED) is 0.485. The lowest BCUT2D eigenvalue weighted by Crippen LogP contribution is -2.28. The number of H-pyrrole nitrogens is 1. The summed E-state index contributed by atoms with van der Waals surface area (Å²) in [4.78, 5) is 42.7. The zero-order valence-electron chi connectivity index (χ0n) is 15.7. The zero-order valence-corrected chi connectivity index (χ0v) is 16.5. The molecular formula is C20H17ClN6O3. The summed E-state index contributed by atoms with van der Waals surface area (Å²) in [5.74, 6) is -0.319. The number of halogens is 1. The van der Waals surface area contributed by atoms with Gasteiger partial charge < -0.3 is 10.3 Å². The van der Waals surface area contributed by atoms with E-state index in [9.17, 15) is 14.4 Å². The monoisotopic (exact) mass is 424 g/mol. The molecule has 0 saturated carbocycles. The van der Waals surface area contributed by atoms with Crippen LogP contribution in [0, 0.1) is 0 Å². The van der Waals surface area contributed by atoms with Crippen molar-refractivity contribution in [1.82, 2.24) is 29.6 Å². The van der Waals surface area contributed by atoms with Crippen LogP contribution in [0.25, 0.3) is 11.0 Å². The van der Waals surface area contributed by atoms with E-state index in [1.165, 1.54) is 35.4 Å². The Morgan fingerprint density at radius 1 is 1.13 bits per heavy atom. The van der Waals surface area contributed by atoms with Crippen molar-refractivity contribution in [2.24, 2.45) is 0 Å². The van der Waals surface area contributed by atoms with Gasteiger partial charge in [0, 0.05) is 23.8 Å². The highest BCUT2D eigenvalue weighted by Crippen LogP contribution is 2.11. The molecule has 0 aliphatic heterocycles. The number of amides is 1. The average molecular weight is 425 g/mol. The number of benzene rings is 1. The van der Waals surface area contributed by atoms with Gasteiger partial charge in [0.25, 0.3) is 11.5 Å². The Kier molecular flexibility index (Phi) is 5.44. The van der Waals surface area contributed by atoms with Crippen molar-refractivity contribution in [1.29, 1.82) is 0 Å². The molecule has 3 aromatic heterocycles. The molecule has 0 spiro atoms. The van der Waals surface area contributed by atoms with E-state index in [4.69, 9.17) is 11.6 Å². The van der Waals surface area contributed by atoms with E-state index in [1.807, 2.05) is 12.1 Å². The third-order valence-electron chi connectivity index (χ3n) is 4.54. The lowest BCUT2D eigenvalue weighted by molar-refractivity contribution is 0.0951. The summed E-state index contributed by atoms with van der Waals surface area (Å²) in [7, 11) is 0. The van der Waals surface area contributed by atoms with Crippen molar-refractivity contribution < 1.29 is 4.79 Å². The summed E-state index contributed by atoms with van der Waals surface area (Å²) in [6.45, 7) is 0.996. The maximum absolute atomic E-state index is 12.8. The molecule has 30 heavy (non-hydrogen) atoms. The number of carbonyl (C=O) groups excluding carboxylic acids is 1. The number of fused-ring (bicyclic) bond motifs is 1. The Morgan fingerprint density at radius 3 is 2.67 bits per heavy atom. The SMILES string of the molecule is O=C(NCCn1ncc2c(=O)n(Cc3ccc(Cl)cc3)cnc21)c1ccc(=O)[nH]c1. The second-order valence-corrected chi connectivity index (χ2v) is 7.04. The van der Waals surface area contributed by atoms with Crippen molar-refractivity contribution in [3.8, 4) is 0 Å². The molecule has 0 aliphatic carbocycles. The van der Waals surface area contributed by atoms with Crippen LogP contribution in [-0.2, 0) is 13.1 Å².